The highest BCUT2D eigenvalue weighted by Gasteiger charge is 2.41. The summed E-state index contributed by atoms with van der Waals surface area (Å²) in [6, 6.07) is 7.09. The molecule has 0 bridgehead atoms. The van der Waals surface area contributed by atoms with E-state index in [-0.39, 0.29) is 24.2 Å². The zero-order valence-electron chi connectivity index (χ0n) is 14.5. The van der Waals surface area contributed by atoms with E-state index >= 15 is 0 Å². The van der Waals surface area contributed by atoms with Crippen molar-refractivity contribution in [2.75, 3.05) is 30.3 Å². The molecule has 1 aromatic carbocycles. The molecule has 1 spiro atoms. The molecule has 25 heavy (non-hydrogen) atoms. The lowest BCUT2D eigenvalue weighted by Gasteiger charge is -2.47. The summed E-state index contributed by atoms with van der Waals surface area (Å²) < 4.78 is 4.83. The maximum atomic E-state index is 12.4. The predicted octanol–water partition coefficient (Wildman–Crippen LogP) is 3.40. The molecule has 138 valence electrons. The summed E-state index contributed by atoms with van der Waals surface area (Å²) in [6.07, 6.45) is 3.74. The Kier molecular flexibility index (Phi) is 6.67. The lowest BCUT2D eigenvalue weighted by Crippen LogP contribution is -2.55. The molecule has 1 aliphatic heterocycles. The summed E-state index contributed by atoms with van der Waals surface area (Å²) in [5.74, 6) is 0.205. The number of anilines is 2. The zero-order chi connectivity index (χ0) is 17.0. The lowest BCUT2D eigenvalue weighted by atomic mass is 9.67. The molecule has 2 fully saturated rings. The molecular formula is C18H26ClN3O3. The summed E-state index contributed by atoms with van der Waals surface area (Å²) in [5, 5.41) is 8.95. The smallest absolute Gasteiger partial charge is 0.411 e. The number of nitrogens with one attached hydrogen (secondary N) is 3. The Morgan fingerprint density at radius 2 is 1.68 bits per heavy atom. The number of benzene rings is 1. The monoisotopic (exact) mass is 367 g/mol. The van der Waals surface area contributed by atoms with Crippen LogP contribution in [-0.2, 0) is 9.53 Å². The van der Waals surface area contributed by atoms with Crippen molar-refractivity contribution in [3.05, 3.63) is 24.3 Å². The average molecular weight is 368 g/mol. The van der Waals surface area contributed by atoms with E-state index in [9.17, 15) is 9.59 Å². The fraction of sp³-hybridized carbons (Fsp3) is 0.556. The summed E-state index contributed by atoms with van der Waals surface area (Å²) >= 11 is 0. The van der Waals surface area contributed by atoms with Crippen molar-refractivity contribution < 1.29 is 14.3 Å². The first-order valence-electron chi connectivity index (χ1n) is 8.66. The number of carbonyl (C=O) groups is 2. The molecule has 0 radical (unpaired) electrons. The second-order valence-electron chi connectivity index (χ2n) is 6.79. The second-order valence-corrected chi connectivity index (χ2v) is 6.79. The third-order valence-electron chi connectivity index (χ3n) is 5.09. The Hall–Kier alpha value is -1.79. The van der Waals surface area contributed by atoms with E-state index in [1.807, 2.05) is 0 Å². The summed E-state index contributed by atoms with van der Waals surface area (Å²) in [5.41, 5.74) is 1.86. The molecule has 7 heteroatoms. The second kappa shape index (κ2) is 8.54. The first-order valence-corrected chi connectivity index (χ1v) is 8.66. The first-order chi connectivity index (χ1) is 11.6. The molecule has 1 heterocycles. The number of rotatable bonds is 4. The minimum atomic E-state index is -0.476. The van der Waals surface area contributed by atoms with Gasteiger partial charge in [-0.3, -0.25) is 10.1 Å². The number of halogens is 1. The third-order valence-corrected chi connectivity index (χ3v) is 5.09. The molecule has 2 amide bonds. The van der Waals surface area contributed by atoms with Gasteiger partial charge in [0, 0.05) is 30.4 Å². The van der Waals surface area contributed by atoms with Crippen LogP contribution >= 0.6 is 12.4 Å². The Morgan fingerprint density at radius 1 is 1.12 bits per heavy atom. The topological polar surface area (TPSA) is 79.5 Å². The summed E-state index contributed by atoms with van der Waals surface area (Å²) in [7, 11) is 0. The highest BCUT2D eigenvalue weighted by molar-refractivity contribution is 5.93. The Balaban J connectivity index is 0.00000225. The standard InChI is InChI=1S/C18H25N3O3.ClH/c1-2-24-17(23)21-15-5-3-14(4-6-15)20-16(22)13-7-9-18(10-8-13)11-19-12-18;/h3-6,13,19H,2,7-12H2,1H3,(H,20,22)(H,21,23);1H. The van der Waals surface area contributed by atoms with Crippen LogP contribution in [0.5, 0.6) is 0 Å². The van der Waals surface area contributed by atoms with Crippen molar-refractivity contribution in [3.8, 4) is 0 Å². The maximum absolute atomic E-state index is 12.4. The Morgan fingerprint density at radius 3 is 2.16 bits per heavy atom. The average Bonchev–Trinajstić information content (AvgIpc) is 2.55. The molecule has 6 nitrogen and oxygen atoms in total. The molecule has 1 aromatic rings. The first kappa shape index (κ1) is 19.5. The van der Waals surface area contributed by atoms with Crippen molar-refractivity contribution in [1.29, 1.82) is 0 Å². The van der Waals surface area contributed by atoms with Crippen LogP contribution in [-0.4, -0.2) is 31.7 Å². The zero-order valence-corrected chi connectivity index (χ0v) is 15.3. The number of carbonyl (C=O) groups excluding carboxylic acids is 2. The van der Waals surface area contributed by atoms with Gasteiger partial charge < -0.3 is 15.4 Å². The van der Waals surface area contributed by atoms with Gasteiger partial charge in [0.25, 0.3) is 0 Å². The number of amides is 2. The van der Waals surface area contributed by atoms with Gasteiger partial charge in [-0.05, 0) is 62.3 Å². The van der Waals surface area contributed by atoms with Gasteiger partial charge >= 0.3 is 6.09 Å². The van der Waals surface area contributed by atoms with Crippen LogP contribution < -0.4 is 16.0 Å². The van der Waals surface area contributed by atoms with E-state index in [1.54, 1.807) is 31.2 Å². The quantitative estimate of drug-likeness (QED) is 0.762. The van der Waals surface area contributed by atoms with E-state index in [2.05, 4.69) is 16.0 Å². The van der Waals surface area contributed by atoms with Crippen LogP contribution in [0.3, 0.4) is 0 Å². The summed E-state index contributed by atoms with van der Waals surface area (Å²) in [4.78, 5) is 23.8. The molecule has 1 aliphatic carbocycles. The van der Waals surface area contributed by atoms with Gasteiger partial charge in [-0.1, -0.05) is 0 Å². The largest absolute Gasteiger partial charge is 0.450 e. The number of hydrogen-bond donors (Lipinski definition) is 3. The molecule has 3 rings (SSSR count). The summed E-state index contributed by atoms with van der Waals surface area (Å²) in [6.45, 7) is 4.30. The van der Waals surface area contributed by atoms with Crippen LogP contribution in [0.2, 0.25) is 0 Å². The normalized spacial score (nSPS) is 18.6. The molecule has 0 unspecified atom stereocenters. The molecule has 2 aliphatic rings. The maximum Gasteiger partial charge on any atom is 0.411 e. The molecule has 3 N–H and O–H groups in total. The van der Waals surface area contributed by atoms with Crippen molar-refractivity contribution in [1.82, 2.24) is 5.32 Å². The van der Waals surface area contributed by atoms with Gasteiger partial charge in [0.15, 0.2) is 0 Å². The van der Waals surface area contributed by atoms with Gasteiger partial charge in [-0.15, -0.1) is 12.4 Å². The minimum absolute atomic E-state index is 0. The van der Waals surface area contributed by atoms with Gasteiger partial charge in [-0.2, -0.15) is 0 Å². The molecule has 0 atom stereocenters. The molecular weight excluding hydrogens is 342 g/mol. The van der Waals surface area contributed by atoms with E-state index in [1.165, 1.54) is 0 Å². The highest BCUT2D eigenvalue weighted by Crippen LogP contribution is 2.41. The fourth-order valence-corrected chi connectivity index (χ4v) is 3.49. The van der Waals surface area contributed by atoms with Crippen LogP contribution in [0.1, 0.15) is 32.6 Å². The van der Waals surface area contributed by atoms with Crippen LogP contribution in [0, 0.1) is 11.3 Å². The van der Waals surface area contributed by atoms with Crippen LogP contribution in [0.15, 0.2) is 24.3 Å². The van der Waals surface area contributed by atoms with Crippen LogP contribution in [0.25, 0.3) is 0 Å². The number of ether oxygens (including phenoxy) is 1. The van der Waals surface area contributed by atoms with Crippen molar-refractivity contribution in [2.24, 2.45) is 11.3 Å². The Labute approximate surface area is 154 Å². The fourth-order valence-electron chi connectivity index (χ4n) is 3.49. The SMILES string of the molecule is CCOC(=O)Nc1ccc(NC(=O)C2CCC3(CC2)CNC3)cc1.Cl. The van der Waals surface area contributed by atoms with E-state index in [0.717, 1.165) is 44.5 Å². The van der Waals surface area contributed by atoms with Crippen molar-refractivity contribution >= 4 is 35.8 Å². The van der Waals surface area contributed by atoms with Gasteiger partial charge in [0.2, 0.25) is 5.91 Å². The third kappa shape index (κ3) is 4.86. The molecule has 1 saturated carbocycles. The predicted molar refractivity (Wildman–Crippen MR) is 100 cm³/mol. The van der Waals surface area contributed by atoms with E-state index < -0.39 is 6.09 Å². The minimum Gasteiger partial charge on any atom is -0.450 e. The highest BCUT2D eigenvalue weighted by atomic mass is 35.5. The van der Waals surface area contributed by atoms with Gasteiger partial charge in [0.1, 0.15) is 0 Å². The lowest BCUT2D eigenvalue weighted by molar-refractivity contribution is -0.121. The van der Waals surface area contributed by atoms with E-state index in [4.69, 9.17) is 4.74 Å². The van der Waals surface area contributed by atoms with Crippen LogP contribution in [0.4, 0.5) is 16.2 Å². The number of hydrogen-bond acceptors (Lipinski definition) is 4. The van der Waals surface area contributed by atoms with Crippen molar-refractivity contribution in [3.63, 3.8) is 0 Å². The van der Waals surface area contributed by atoms with Crippen molar-refractivity contribution in [2.45, 2.75) is 32.6 Å². The van der Waals surface area contributed by atoms with Gasteiger partial charge in [0.05, 0.1) is 6.61 Å². The Bertz CT molecular complexity index is 592. The van der Waals surface area contributed by atoms with E-state index in [0.29, 0.717) is 17.7 Å². The molecule has 1 saturated heterocycles. The van der Waals surface area contributed by atoms with Gasteiger partial charge in [-0.25, -0.2) is 4.79 Å². The molecule has 0 aromatic heterocycles.